The lowest BCUT2D eigenvalue weighted by Crippen LogP contribution is -2.27. The van der Waals surface area contributed by atoms with Gasteiger partial charge in [0.2, 0.25) is 0 Å². The highest BCUT2D eigenvalue weighted by Crippen LogP contribution is 2.17. The Morgan fingerprint density at radius 1 is 1.14 bits per heavy atom. The minimum Gasteiger partial charge on any atom is -0.268 e. The van der Waals surface area contributed by atoms with Crippen molar-refractivity contribution >= 4 is 39.5 Å². The molecule has 0 heterocycles. The molecule has 0 fully saturated rings. The van der Waals surface area contributed by atoms with Gasteiger partial charge in [-0.1, -0.05) is 23.7 Å². The lowest BCUT2D eigenvalue weighted by atomic mass is 10.2. The van der Waals surface area contributed by atoms with E-state index in [1.165, 1.54) is 24.3 Å². The van der Waals surface area contributed by atoms with Crippen LogP contribution in [0.1, 0.15) is 10.4 Å². The van der Waals surface area contributed by atoms with Crippen molar-refractivity contribution in [3.63, 3.8) is 0 Å². The highest BCUT2D eigenvalue weighted by molar-refractivity contribution is 7.86. The second kappa shape index (κ2) is 7.10. The Hall–Kier alpha value is -1.61. The van der Waals surface area contributed by atoms with E-state index in [9.17, 15) is 17.6 Å². The smallest absolute Gasteiger partial charge is 0.266 e. The van der Waals surface area contributed by atoms with Gasteiger partial charge in [0.15, 0.2) is 11.0 Å². The maximum Gasteiger partial charge on any atom is 0.266 e. The number of nitrogens with two attached hydrogens (primary N) is 1. The SMILES string of the molecule is NS(=O)c1ccccc1S(=O)NC(=O)c1ccc(Cl)cc1F. The van der Waals surface area contributed by atoms with Crippen LogP contribution in [0.15, 0.2) is 52.3 Å². The van der Waals surface area contributed by atoms with E-state index in [2.05, 4.69) is 4.72 Å². The number of amides is 1. The van der Waals surface area contributed by atoms with Gasteiger partial charge in [-0.25, -0.2) is 17.9 Å². The molecule has 0 aliphatic heterocycles. The highest BCUT2D eigenvalue weighted by atomic mass is 35.5. The molecular formula is C13H10ClFN2O3S2. The summed E-state index contributed by atoms with van der Waals surface area (Å²) in [5, 5.41) is 5.42. The van der Waals surface area contributed by atoms with Gasteiger partial charge in [-0.15, -0.1) is 0 Å². The van der Waals surface area contributed by atoms with E-state index < -0.39 is 33.7 Å². The summed E-state index contributed by atoms with van der Waals surface area (Å²) >= 11 is 5.60. The van der Waals surface area contributed by atoms with Crippen molar-refractivity contribution in [1.29, 1.82) is 0 Å². The van der Waals surface area contributed by atoms with Crippen LogP contribution in [0, 0.1) is 5.82 Å². The van der Waals surface area contributed by atoms with Crippen LogP contribution in [-0.4, -0.2) is 14.3 Å². The van der Waals surface area contributed by atoms with E-state index in [0.29, 0.717) is 0 Å². The molecule has 2 aromatic carbocycles. The van der Waals surface area contributed by atoms with Gasteiger partial charge in [-0.3, -0.25) is 9.52 Å². The third-order valence-electron chi connectivity index (χ3n) is 2.63. The molecule has 0 saturated carbocycles. The third kappa shape index (κ3) is 3.77. The van der Waals surface area contributed by atoms with Gasteiger partial charge >= 0.3 is 0 Å². The van der Waals surface area contributed by atoms with Crippen molar-refractivity contribution < 1.29 is 17.6 Å². The summed E-state index contributed by atoms with van der Waals surface area (Å²) in [6, 6.07) is 9.46. The zero-order valence-corrected chi connectivity index (χ0v) is 13.3. The number of benzene rings is 2. The summed E-state index contributed by atoms with van der Waals surface area (Å²) in [6.45, 7) is 0. The van der Waals surface area contributed by atoms with Crippen molar-refractivity contribution in [3.8, 4) is 0 Å². The Morgan fingerprint density at radius 2 is 1.77 bits per heavy atom. The monoisotopic (exact) mass is 360 g/mol. The molecule has 9 heteroatoms. The third-order valence-corrected chi connectivity index (χ3v) is 4.91. The number of carbonyl (C=O) groups excluding carboxylic acids is 1. The van der Waals surface area contributed by atoms with Crippen molar-refractivity contribution in [2.45, 2.75) is 9.79 Å². The highest BCUT2D eigenvalue weighted by Gasteiger charge is 2.18. The molecule has 0 bridgehead atoms. The van der Waals surface area contributed by atoms with E-state index in [0.717, 1.165) is 6.07 Å². The fraction of sp³-hybridized carbons (Fsp3) is 0. The summed E-state index contributed by atoms with van der Waals surface area (Å²) in [5.41, 5.74) is -0.302. The van der Waals surface area contributed by atoms with E-state index in [1.807, 2.05) is 0 Å². The first kappa shape index (κ1) is 16.8. The molecule has 5 nitrogen and oxygen atoms in total. The Morgan fingerprint density at radius 3 is 2.36 bits per heavy atom. The van der Waals surface area contributed by atoms with Crippen LogP contribution in [0.4, 0.5) is 4.39 Å². The van der Waals surface area contributed by atoms with Gasteiger partial charge in [-0.2, -0.15) is 0 Å². The minimum atomic E-state index is -2.03. The number of nitrogens with one attached hydrogen (secondary N) is 1. The zero-order valence-electron chi connectivity index (χ0n) is 10.9. The summed E-state index contributed by atoms with van der Waals surface area (Å²) in [7, 11) is -3.90. The fourth-order valence-electron chi connectivity index (χ4n) is 1.64. The van der Waals surface area contributed by atoms with Gasteiger partial charge in [0.05, 0.1) is 15.4 Å². The number of carbonyl (C=O) groups is 1. The van der Waals surface area contributed by atoms with Crippen molar-refractivity contribution in [3.05, 3.63) is 58.9 Å². The van der Waals surface area contributed by atoms with Crippen LogP contribution in [0.5, 0.6) is 0 Å². The summed E-state index contributed by atoms with van der Waals surface area (Å²) in [4.78, 5) is 12.2. The quantitative estimate of drug-likeness (QED) is 0.872. The van der Waals surface area contributed by atoms with E-state index in [-0.39, 0.29) is 20.4 Å². The minimum absolute atomic E-state index is 0.0889. The van der Waals surface area contributed by atoms with Crippen molar-refractivity contribution in [2.24, 2.45) is 5.14 Å². The molecule has 2 aromatic rings. The molecular weight excluding hydrogens is 351 g/mol. The van der Waals surface area contributed by atoms with Crippen LogP contribution in [0.2, 0.25) is 5.02 Å². The maximum atomic E-state index is 13.6. The zero-order chi connectivity index (χ0) is 16.3. The lowest BCUT2D eigenvalue weighted by molar-refractivity contribution is 0.0979. The van der Waals surface area contributed by atoms with Crippen molar-refractivity contribution in [1.82, 2.24) is 4.72 Å². The lowest BCUT2D eigenvalue weighted by Gasteiger charge is -2.08. The second-order valence-electron chi connectivity index (χ2n) is 4.07. The average Bonchev–Trinajstić information content (AvgIpc) is 2.46. The van der Waals surface area contributed by atoms with E-state index in [1.54, 1.807) is 12.1 Å². The summed E-state index contributed by atoms with van der Waals surface area (Å²) < 4.78 is 39.3. The fourth-order valence-corrected chi connectivity index (χ4v) is 3.59. The predicted molar refractivity (Wildman–Crippen MR) is 82.3 cm³/mol. The molecule has 0 aliphatic rings. The van der Waals surface area contributed by atoms with Gasteiger partial charge in [0, 0.05) is 5.02 Å². The van der Waals surface area contributed by atoms with Crippen LogP contribution >= 0.6 is 11.6 Å². The molecule has 1 amide bonds. The van der Waals surface area contributed by atoms with E-state index in [4.69, 9.17) is 16.7 Å². The molecule has 2 atom stereocenters. The number of hydrogen-bond donors (Lipinski definition) is 2. The number of rotatable bonds is 4. The maximum absolute atomic E-state index is 13.6. The molecule has 0 saturated heterocycles. The van der Waals surface area contributed by atoms with Crippen molar-refractivity contribution in [2.75, 3.05) is 0 Å². The normalized spacial score (nSPS) is 13.4. The molecule has 0 spiro atoms. The van der Waals surface area contributed by atoms with Gasteiger partial charge < -0.3 is 0 Å². The topological polar surface area (TPSA) is 89.3 Å². The number of halogens is 2. The van der Waals surface area contributed by atoms with Crippen LogP contribution < -0.4 is 9.86 Å². The van der Waals surface area contributed by atoms with Gasteiger partial charge in [-0.05, 0) is 30.3 Å². The first-order valence-electron chi connectivity index (χ1n) is 5.83. The average molecular weight is 361 g/mol. The van der Waals surface area contributed by atoms with Gasteiger partial charge in [0.1, 0.15) is 16.8 Å². The summed E-state index contributed by atoms with van der Waals surface area (Å²) in [5.74, 6) is -1.72. The molecule has 22 heavy (non-hydrogen) atoms. The largest absolute Gasteiger partial charge is 0.268 e. The van der Waals surface area contributed by atoms with Crippen LogP contribution in [0.25, 0.3) is 0 Å². The molecule has 2 unspecified atom stereocenters. The Kier molecular flexibility index (Phi) is 5.41. The molecule has 3 N–H and O–H groups in total. The predicted octanol–water partition coefficient (Wildman–Crippen LogP) is 1.91. The van der Waals surface area contributed by atoms with Gasteiger partial charge in [0.25, 0.3) is 5.91 Å². The van der Waals surface area contributed by atoms with E-state index >= 15 is 0 Å². The Balaban J connectivity index is 2.26. The molecule has 0 aliphatic carbocycles. The molecule has 2 rings (SSSR count). The first-order chi connectivity index (χ1) is 10.4. The second-order valence-corrected chi connectivity index (χ2v) is 6.72. The Bertz CT molecular complexity index is 786. The van der Waals surface area contributed by atoms with Crippen LogP contribution in [0.3, 0.4) is 0 Å². The molecule has 116 valence electrons. The molecule has 0 aromatic heterocycles. The standard InChI is InChI=1S/C13H10ClFN2O3S2/c14-8-5-6-9(10(15)7-8)13(18)17-22(20)12-4-2-1-3-11(12)21(16)19/h1-7H,16H2,(H,17,18). The molecule has 0 radical (unpaired) electrons. The van der Waals surface area contributed by atoms with Crippen LogP contribution in [-0.2, 0) is 22.0 Å². The summed E-state index contributed by atoms with van der Waals surface area (Å²) in [6.07, 6.45) is 0. The first-order valence-corrected chi connectivity index (χ1v) is 8.57. The number of hydrogen-bond acceptors (Lipinski definition) is 3. The Labute approximate surface area is 135 Å².